The molecule has 2 aromatic rings. The smallest absolute Gasteiger partial charge is 0.250 e. The molecule has 0 unspecified atom stereocenters. The molecule has 0 bridgehead atoms. The zero-order valence-electron chi connectivity index (χ0n) is 13.8. The number of rotatable bonds is 7. The Kier molecular flexibility index (Phi) is 7.36. The highest BCUT2D eigenvalue weighted by Crippen LogP contribution is 2.08. The molecule has 2 rings (SSSR count). The predicted molar refractivity (Wildman–Crippen MR) is 99.6 cm³/mol. The van der Waals surface area contributed by atoms with Gasteiger partial charge in [0.2, 0.25) is 5.56 Å². The van der Waals surface area contributed by atoms with Crippen molar-refractivity contribution in [1.82, 2.24) is 15.2 Å². The van der Waals surface area contributed by atoms with Gasteiger partial charge in [-0.15, -0.1) is 0 Å². The molecule has 5 nitrogen and oxygen atoms in total. The average molecular weight is 347 g/mol. The summed E-state index contributed by atoms with van der Waals surface area (Å²) < 4.78 is 1.73. The quantitative estimate of drug-likeness (QED) is 0.460. The molecule has 0 aliphatic rings. The Bertz CT molecular complexity index is 709. The first-order chi connectivity index (χ1) is 11.7. The number of benzene rings is 1. The molecule has 128 valence electrons. The molecule has 0 radical (unpaired) electrons. The summed E-state index contributed by atoms with van der Waals surface area (Å²) >= 11 is 5.88. The number of unbranched alkanes of at least 4 members (excludes halogenated alkanes) is 1. The molecule has 2 N–H and O–H groups in total. The molecule has 0 fully saturated rings. The number of halogens is 1. The van der Waals surface area contributed by atoms with Crippen molar-refractivity contribution >= 4 is 17.6 Å². The summed E-state index contributed by atoms with van der Waals surface area (Å²) in [5.41, 5.74) is 1.19. The maximum Gasteiger partial charge on any atom is 0.250 e. The molecule has 0 aliphatic carbocycles. The molecular weight excluding hydrogens is 324 g/mol. The number of aryl methyl sites for hydroxylation is 1. The lowest BCUT2D eigenvalue weighted by molar-refractivity contribution is 0.585. The van der Waals surface area contributed by atoms with E-state index < -0.39 is 0 Å². The summed E-state index contributed by atoms with van der Waals surface area (Å²) in [6, 6.07) is 12.9. The van der Waals surface area contributed by atoms with Crippen molar-refractivity contribution < 1.29 is 0 Å². The van der Waals surface area contributed by atoms with Crippen LogP contribution >= 0.6 is 11.6 Å². The van der Waals surface area contributed by atoms with E-state index in [1.165, 1.54) is 0 Å². The van der Waals surface area contributed by atoms with Crippen molar-refractivity contribution in [2.75, 3.05) is 13.6 Å². The Morgan fingerprint density at radius 1 is 1.12 bits per heavy atom. The zero-order chi connectivity index (χ0) is 17.2. The molecule has 1 aromatic carbocycles. The van der Waals surface area contributed by atoms with E-state index in [1.807, 2.05) is 36.5 Å². The Morgan fingerprint density at radius 3 is 2.62 bits per heavy atom. The first-order valence-electron chi connectivity index (χ1n) is 8.03. The highest BCUT2D eigenvalue weighted by molar-refractivity contribution is 6.30. The van der Waals surface area contributed by atoms with E-state index in [2.05, 4.69) is 15.6 Å². The predicted octanol–water partition coefficient (Wildman–Crippen LogP) is 2.65. The van der Waals surface area contributed by atoms with E-state index in [4.69, 9.17) is 11.6 Å². The topological polar surface area (TPSA) is 58.4 Å². The minimum absolute atomic E-state index is 0.0471. The Balaban J connectivity index is 1.65. The highest BCUT2D eigenvalue weighted by Gasteiger charge is 1.99. The van der Waals surface area contributed by atoms with Gasteiger partial charge in [-0.05, 0) is 36.6 Å². The first kappa shape index (κ1) is 18.1. The van der Waals surface area contributed by atoms with Gasteiger partial charge in [0.05, 0.1) is 0 Å². The number of guanidine groups is 1. The van der Waals surface area contributed by atoms with Crippen LogP contribution in [-0.2, 0) is 13.1 Å². The van der Waals surface area contributed by atoms with Crippen molar-refractivity contribution in [2.45, 2.75) is 25.9 Å². The maximum atomic E-state index is 11.6. The molecule has 6 heteroatoms. The lowest BCUT2D eigenvalue weighted by Gasteiger charge is -2.12. The molecule has 24 heavy (non-hydrogen) atoms. The molecular formula is C18H23ClN4O. The van der Waals surface area contributed by atoms with Crippen molar-refractivity contribution in [2.24, 2.45) is 4.99 Å². The third-order valence-electron chi connectivity index (χ3n) is 3.61. The summed E-state index contributed by atoms with van der Waals surface area (Å²) in [4.78, 5) is 15.8. The largest absolute Gasteiger partial charge is 0.356 e. The van der Waals surface area contributed by atoms with Crippen LogP contribution in [0.25, 0.3) is 0 Å². The van der Waals surface area contributed by atoms with Gasteiger partial charge < -0.3 is 15.2 Å². The van der Waals surface area contributed by atoms with Gasteiger partial charge in [-0.25, -0.2) is 0 Å². The third kappa shape index (κ3) is 6.08. The molecule has 1 aromatic heterocycles. The van der Waals surface area contributed by atoms with Crippen LogP contribution in [0.5, 0.6) is 0 Å². The van der Waals surface area contributed by atoms with Gasteiger partial charge in [0.25, 0.3) is 0 Å². The highest BCUT2D eigenvalue weighted by atomic mass is 35.5. The van der Waals surface area contributed by atoms with E-state index in [1.54, 1.807) is 23.7 Å². The van der Waals surface area contributed by atoms with E-state index in [0.29, 0.717) is 6.54 Å². The fourth-order valence-corrected chi connectivity index (χ4v) is 2.39. The number of pyridine rings is 1. The van der Waals surface area contributed by atoms with Crippen molar-refractivity contribution in [3.8, 4) is 0 Å². The SMILES string of the molecule is CN=C(NCCCCn1ccccc1=O)NCc1ccc(Cl)cc1. The molecule has 0 saturated heterocycles. The molecule has 0 aliphatic heterocycles. The standard InChI is InChI=1S/C18H23ClN4O/c1-20-18(22-14-15-7-9-16(19)10-8-15)21-11-3-5-13-23-12-4-2-6-17(23)24/h2,4,6-10,12H,3,5,11,13-14H2,1H3,(H2,20,21,22). The van der Waals surface area contributed by atoms with E-state index in [0.717, 1.165) is 42.5 Å². The van der Waals surface area contributed by atoms with Gasteiger partial charge in [0.1, 0.15) is 0 Å². The summed E-state index contributed by atoms with van der Waals surface area (Å²) in [5.74, 6) is 0.766. The number of nitrogens with one attached hydrogen (secondary N) is 2. The molecule has 0 atom stereocenters. The Hall–Kier alpha value is -2.27. The van der Waals surface area contributed by atoms with Crippen molar-refractivity contribution in [3.63, 3.8) is 0 Å². The van der Waals surface area contributed by atoms with Crippen LogP contribution < -0.4 is 16.2 Å². The monoisotopic (exact) mass is 346 g/mol. The van der Waals surface area contributed by atoms with Crippen LogP contribution in [0.1, 0.15) is 18.4 Å². The van der Waals surface area contributed by atoms with Crippen LogP contribution in [0.4, 0.5) is 0 Å². The van der Waals surface area contributed by atoms with Crippen LogP contribution in [0.15, 0.2) is 58.4 Å². The van der Waals surface area contributed by atoms with Gasteiger partial charge in [0, 0.05) is 44.0 Å². The van der Waals surface area contributed by atoms with E-state index in [-0.39, 0.29) is 5.56 Å². The fraction of sp³-hybridized carbons (Fsp3) is 0.333. The number of aromatic nitrogens is 1. The Morgan fingerprint density at radius 2 is 1.92 bits per heavy atom. The summed E-state index contributed by atoms with van der Waals surface area (Å²) in [7, 11) is 1.75. The third-order valence-corrected chi connectivity index (χ3v) is 3.87. The molecule has 0 amide bonds. The van der Waals surface area contributed by atoms with Crippen LogP contribution in [0.2, 0.25) is 5.02 Å². The normalized spacial score (nSPS) is 11.3. The first-order valence-corrected chi connectivity index (χ1v) is 8.41. The summed E-state index contributed by atoms with van der Waals surface area (Å²) in [5, 5.41) is 7.28. The van der Waals surface area contributed by atoms with Gasteiger partial charge in [-0.2, -0.15) is 0 Å². The number of hydrogen-bond acceptors (Lipinski definition) is 2. The second-order valence-electron chi connectivity index (χ2n) is 5.42. The second-order valence-corrected chi connectivity index (χ2v) is 5.85. The molecule has 0 saturated carbocycles. The lowest BCUT2D eigenvalue weighted by atomic mass is 10.2. The van der Waals surface area contributed by atoms with Gasteiger partial charge in [-0.3, -0.25) is 9.79 Å². The zero-order valence-corrected chi connectivity index (χ0v) is 14.6. The second kappa shape index (κ2) is 9.78. The minimum Gasteiger partial charge on any atom is -0.356 e. The van der Waals surface area contributed by atoms with Gasteiger partial charge in [-0.1, -0.05) is 29.8 Å². The number of aliphatic imine (C=N–C) groups is 1. The molecule has 1 heterocycles. The van der Waals surface area contributed by atoms with E-state index >= 15 is 0 Å². The van der Waals surface area contributed by atoms with Gasteiger partial charge in [0.15, 0.2) is 5.96 Å². The maximum absolute atomic E-state index is 11.6. The van der Waals surface area contributed by atoms with Crippen LogP contribution in [0, 0.1) is 0 Å². The lowest BCUT2D eigenvalue weighted by Crippen LogP contribution is -2.37. The number of hydrogen-bond donors (Lipinski definition) is 2. The van der Waals surface area contributed by atoms with Gasteiger partial charge >= 0.3 is 0 Å². The number of nitrogens with zero attached hydrogens (tertiary/aromatic N) is 2. The molecule has 0 spiro atoms. The Labute approximate surface area is 147 Å². The average Bonchev–Trinajstić information content (AvgIpc) is 2.60. The van der Waals surface area contributed by atoms with Crippen LogP contribution in [0.3, 0.4) is 0 Å². The summed E-state index contributed by atoms with van der Waals surface area (Å²) in [6.45, 7) is 2.23. The van der Waals surface area contributed by atoms with Crippen LogP contribution in [-0.4, -0.2) is 24.1 Å². The van der Waals surface area contributed by atoms with Crippen molar-refractivity contribution in [3.05, 3.63) is 69.6 Å². The van der Waals surface area contributed by atoms with Crippen molar-refractivity contribution in [1.29, 1.82) is 0 Å². The summed E-state index contributed by atoms with van der Waals surface area (Å²) in [6.07, 6.45) is 3.72. The van der Waals surface area contributed by atoms with E-state index in [9.17, 15) is 4.79 Å². The fourth-order valence-electron chi connectivity index (χ4n) is 2.27. The minimum atomic E-state index is 0.0471.